The Morgan fingerprint density at radius 3 is 2.53 bits per heavy atom. The lowest BCUT2D eigenvalue weighted by atomic mass is 10.0. The third-order valence-electron chi connectivity index (χ3n) is 5.18. The molecule has 2 aromatic heterocycles. The zero-order chi connectivity index (χ0) is 20.5. The highest BCUT2D eigenvalue weighted by molar-refractivity contribution is 6.08. The van der Waals surface area contributed by atoms with Gasteiger partial charge >= 0.3 is 0 Å². The zero-order valence-corrected chi connectivity index (χ0v) is 15.9. The summed E-state index contributed by atoms with van der Waals surface area (Å²) in [5, 5.41) is 11.8. The van der Waals surface area contributed by atoms with Crippen LogP contribution in [0.2, 0.25) is 0 Å². The van der Waals surface area contributed by atoms with Crippen molar-refractivity contribution >= 4 is 22.7 Å². The Morgan fingerprint density at radius 2 is 1.73 bits per heavy atom. The van der Waals surface area contributed by atoms with Crippen LogP contribution in [0.25, 0.3) is 16.6 Å². The predicted molar refractivity (Wildman–Crippen MR) is 108 cm³/mol. The van der Waals surface area contributed by atoms with E-state index in [2.05, 4.69) is 31.4 Å². The summed E-state index contributed by atoms with van der Waals surface area (Å²) in [5.74, 6) is -0.757. The maximum atomic E-state index is 13.0. The number of amides is 2. The minimum absolute atomic E-state index is 0.342. The molecule has 0 bridgehead atoms. The molecule has 0 fully saturated rings. The van der Waals surface area contributed by atoms with Gasteiger partial charge in [0.2, 0.25) is 0 Å². The molecule has 148 valence electrons. The van der Waals surface area contributed by atoms with Crippen LogP contribution in [0.1, 0.15) is 38.4 Å². The Morgan fingerprint density at radius 1 is 0.933 bits per heavy atom. The molecule has 1 aliphatic carbocycles. The lowest BCUT2D eigenvalue weighted by molar-refractivity contribution is 0.0847. The average molecular weight is 399 g/mol. The number of carbonyl (C=O) groups is 2. The quantitative estimate of drug-likeness (QED) is 0.508. The second kappa shape index (κ2) is 7.36. The first-order chi connectivity index (χ1) is 14.7. The number of aromatic nitrogens is 5. The van der Waals surface area contributed by atoms with Crippen LogP contribution in [-0.2, 0) is 12.8 Å². The molecule has 0 spiro atoms. The van der Waals surface area contributed by atoms with Crippen molar-refractivity contribution in [2.24, 2.45) is 0 Å². The van der Waals surface area contributed by atoms with Gasteiger partial charge in [-0.15, -0.1) is 5.10 Å². The molecule has 9 nitrogen and oxygen atoms in total. The molecule has 4 aromatic rings. The SMILES string of the molecule is O=C(NNC(=O)c1c2c(nc3ccccc13)CCC2)c1ccc(-n2cnnn2)cc1. The van der Waals surface area contributed by atoms with Crippen molar-refractivity contribution in [3.05, 3.63) is 77.2 Å². The molecule has 1 aliphatic rings. The molecule has 5 rings (SSSR count). The minimum Gasteiger partial charge on any atom is -0.267 e. The Labute approximate surface area is 171 Å². The van der Waals surface area contributed by atoms with Gasteiger partial charge in [0, 0.05) is 16.6 Å². The first-order valence-corrected chi connectivity index (χ1v) is 9.55. The number of nitrogens with one attached hydrogen (secondary N) is 2. The molecule has 9 heteroatoms. The van der Waals surface area contributed by atoms with Crippen molar-refractivity contribution in [1.82, 2.24) is 36.0 Å². The largest absolute Gasteiger partial charge is 0.270 e. The molecular weight excluding hydrogens is 382 g/mol. The van der Waals surface area contributed by atoms with Crippen molar-refractivity contribution in [3.63, 3.8) is 0 Å². The van der Waals surface area contributed by atoms with Crippen LogP contribution < -0.4 is 10.9 Å². The van der Waals surface area contributed by atoms with Crippen molar-refractivity contribution in [2.45, 2.75) is 19.3 Å². The van der Waals surface area contributed by atoms with Crippen molar-refractivity contribution in [1.29, 1.82) is 0 Å². The monoisotopic (exact) mass is 399 g/mol. The number of para-hydroxylation sites is 1. The maximum Gasteiger partial charge on any atom is 0.270 e. The smallest absolute Gasteiger partial charge is 0.267 e. The highest BCUT2D eigenvalue weighted by atomic mass is 16.2. The second-order valence-corrected chi connectivity index (χ2v) is 6.99. The van der Waals surface area contributed by atoms with Gasteiger partial charge in [0.25, 0.3) is 11.8 Å². The summed E-state index contributed by atoms with van der Waals surface area (Å²) in [6.45, 7) is 0. The summed E-state index contributed by atoms with van der Waals surface area (Å²) >= 11 is 0. The van der Waals surface area contributed by atoms with Crippen LogP contribution >= 0.6 is 0 Å². The summed E-state index contributed by atoms with van der Waals surface area (Å²) in [4.78, 5) is 30.2. The van der Waals surface area contributed by atoms with E-state index in [1.807, 2.05) is 24.3 Å². The van der Waals surface area contributed by atoms with E-state index < -0.39 is 5.91 Å². The number of tetrazole rings is 1. The van der Waals surface area contributed by atoms with Gasteiger partial charge in [-0.25, -0.2) is 4.68 Å². The Balaban J connectivity index is 1.35. The fraction of sp³-hybridized carbons (Fsp3) is 0.143. The summed E-state index contributed by atoms with van der Waals surface area (Å²) < 4.78 is 1.48. The molecule has 0 saturated carbocycles. The number of pyridine rings is 1. The summed E-state index contributed by atoms with van der Waals surface area (Å²) in [5.41, 5.74) is 9.48. The van der Waals surface area contributed by atoms with E-state index in [9.17, 15) is 9.59 Å². The summed E-state index contributed by atoms with van der Waals surface area (Å²) in [6, 6.07) is 14.3. The molecule has 0 unspecified atom stereocenters. The molecule has 0 atom stereocenters. The predicted octanol–water partition coefficient (Wildman–Crippen LogP) is 1.77. The standard InChI is InChI=1S/C21H17N7O2/c29-20(13-8-10-14(11-9-13)28-12-22-26-27-28)24-25-21(30)19-15-4-1-2-6-17(15)23-18-7-3-5-16(18)19/h1-2,4,6,8-12H,3,5,7H2,(H,24,29)(H,25,30). The van der Waals surface area contributed by atoms with Crippen LogP contribution in [0.4, 0.5) is 0 Å². The minimum atomic E-state index is -0.415. The van der Waals surface area contributed by atoms with Gasteiger partial charge in [-0.2, -0.15) is 0 Å². The van der Waals surface area contributed by atoms with Gasteiger partial charge < -0.3 is 0 Å². The maximum absolute atomic E-state index is 13.0. The number of fused-ring (bicyclic) bond motifs is 2. The second-order valence-electron chi connectivity index (χ2n) is 6.99. The molecule has 2 heterocycles. The first kappa shape index (κ1) is 17.9. The highest BCUT2D eigenvalue weighted by Gasteiger charge is 2.24. The number of nitrogens with zero attached hydrogens (tertiary/aromatic N) is 5. The van der Waals surface area contributed by atoms with Gasteiger partial charge in [0.15, 0.2) is 0 Å². The third-order valence-corrected chi connectivity index (χ3v) is 5.18. The average Bonchev–Trinajstić information content (AvgIpc) is 3.47. The highest BCUT2D eigenvalue weighted by Crippen LogP contribution is 2.29. The Bertz CT molecular complexity index is 1250. The van der Waals surface area contributed by atoms with Crippen molar-refractivity contribution < 1.29 is 9.59 Å². The third kappa shape index (κ3) is 3.16. The van der Waals surface area contributed by atoms with Crippen LogP contribution in [0.5, 0.6) is 0 Å². The van der Waals surface area contributed by atoms with E-state index >= 15 is 0 Å². The van der Waals surface area contributed by atoms with Gasteiger partial charge in [-0.3, -0.25) is 25.4 Å². The normalized spacial score (nSPS) is 12.5. The lowest BCUT2D eigenvalue weighted by Gasteiger charge is -2.13. The molecular formula is C21H17N7O2. The number of rotatable bonds is 3. The number of carbonyl (C=O) groups excluding carboxylic acids is 2. The van der Waals surface area contributed by atoms with E-state index in [1.54, 1.807) is 24.3 Å². The van der Waals surface area contributed by atoms with E-state index in [0.29, 0.717) is 11.1 Å². The first-order valence-electron chi connectivity index (χ1n) is 9.55. The fourth-order valence-corrected chi connectivity index (χ4v) is 3.76. The van der Waals surface area contributed by atoms with Gasteiger partial charge in [0.05, 0.1) is 16.8 Å². The van der Waals surface area contributed by atoms with Crippen LogP contribution in [0.3, 0.4) is 0 Å². The molecule has 2 amide bonds. The van der Waals surface area contributed by atoms with E-state index in [4.69, 9.17) is 0 Å². The molecule has 0 radical (unpaired) electrons. The topological polar surface area (TPSA) is 115 Å². The van der Waals surface area contributed by atoms with Crippen LogP contribution in [0, 0.1) is 0 Å². The lowest BCUT2D eigenvalue weighted by Crippen LogP contribution is -2.42. The number of aryl methyl sites for hydroxylation is 1. The van der Waals surface area contributed by atoms with Crippen LogP contribution in [-0.4, -0.2) is 37.0 Å². The number of hydrogen-bond acceptors (Lipinski definition) is 6. The van der Waals surface area contributed by atoms with E-state index in [0.717, 1.165) is 47.1 Å². The molecule has 2 aromatic carbocycles. The van der Waals surface area contributed by atoms with Gasteiger partial charge in [-0.05, 0) is 65.6 Å². The fourth-order valence-electron chi connectivity index (χ4n) is 3.76. The Hall–Kier alpha value is -4.14. The number of hydrogen-bond donors (Lipinski definition) is 2. The summed E-state index contributed by atoms with van der Waals surface area (Å²) in [6.07, 6.45) is 4.11. The van der Waals surface area contributed by atoms with E-state index in [-0.39, 0.29) is 5.91 Å². The van der Waals surface area contributed by atoms with Crippen LogP contribution in [0.15, 0.2) is 54.9 Å². The molecule has 30 heavy (non-hydrogen) atoms. The number of hydrazine groups is 1. The van der Waals surface area contributed by atoms with Gasteiger partial charge in [-0.1, -0.05) is 18.2 Å². The number of benzene rings is 2. The van der Waals surface area contributed by atoms with E-state index in [1.165, 1.54) is 11.0 Å². The molecule has 0 saturated heterocycles. The summed E-state index contributed by atoms with van der Waals surface area (Å²) in [7, 11) is 0. The van der Waals surface area contributed by atoms with Gasteiger partial charge in [0.1, 0.15) is 6.33 Å². The molecule has 2 N–H and O–H groups in total. The van der Waals surface area contributed by atoms with Crippen molar-refractivity contribution in [3.8, 4) is 5.69 Å². The zero-order valence-electron chi connectivity index (χ0n) is 15.9. The Kier molecular flexibility index (Phi) is 4.40. The van der Waals surface area contributed by atoms with Crippen molar-refractivity contribution in [2.75, 3.05) is 0 Å². The molecule has 0 aliphatic heterocycles.